The summed E-state index contributed by atoms with van der Waals surface area (Å²) in [4.78, 5) is 25.3. The van der Waals surface area contributed by atoms with Crippen LogP contribution in [0.4, 0.5) is 0 Å². The summed E-state index contributed by atoms with van der Waals surface area (Å²) in [6.45, 7) is 3.90. The molecule has 5 heteroatoms. The monoisotopic (exact) mass is 287 g/mol. The summed E-state index contributed by atoms with van der Waals surface area (Å²) in [5.41, 5.74) is 0.733. The van der Waals surface area contributed by atoms with Crippen LogP contribution >= 0.6 is 0 Å². The van der Waals surface area contributed by atoms with Gasteiger partial charge in [0.2, 0.25) is 0 Å². The molecule has 0 aliphatic heterocycles. The standard InChI is InChI=1S/C16H17NO4/c1-10(2)21-13-5-3-4-11(6-7-13)14-8-12(18)9-15(17-14)16(19)20/h3-4,6-10H,5H2,1-2H3,(H,17,18)(H,19,20). The maximum absolute atomic E-state index is 11.6. The minimum atomic E-state index is -1.16. The van der Waals surface area contributed by atoms with Gasteiger partial charge in [0.25, 0.3) is 0 Å². The Kier molecular flexibility index (Phi) is 4.42. The van der Waals surface area contributed by atoms with Crippen LogP contribution in [0.1, 0.15) is 36.5 Å². The number of aromatic nitrogens is 1. The van der Waals surface area contributed by atoms with E-state index in [0.717, 1.165) is 17.4 Å². The molecule has 0 atom stereocenters. The number of carboxylic acids is 1. The number of aromatic carboxylic acids is 1. The molecule has 0 amide bonds. The minimum Gasteiger partial charge on any atom is -0.495 e. The molecule has 0 radical (unpaired) electrons. The van der Waals surface area contributed by atoms with Gasteiger partial charge in [-0.15, -0.1) is 0 Å². The van der Waals surface area contributed by atoms with Gasteiger partial charge in [0.05, 0.1) is 6.10 Å². The number of nitrogens with one attached hydrogen (secondary N) is 1. The molecule has 1 aromatic heterocycles. The van der Waals surface area contributed by atoms with Gasteiger partial charge in [-0.1, -0.05) is 12.2 Å². The van der Waals surface area contributed by atoms with Crippen molar-refractivity contribution in [3.63, 3.8) is 0 Å². The third-order valence-electron chi connectivity index (χ3n) is 2.84. The lowest BCUT2D eigenvalue weighted by atomic mass is 10.1. The van der Waals surface area contributed by atoms with Crippen LogP contribution in [0.15, 0.2) is 47.0 Å². The molecule has 0 spiro atoms. The van der Waals surface area contributed by atoms with Crippen LogP contribution in [0.3, 0.4) is 0 Å². The van der Waals surface area contributed by atoms with Gasteiger partial charge in [-0.25, -0.2) is 4.79 Å². The fourth-order valence-corrected chi connectivity index (χ4v) is 1.99. The highest BCUT2D eigenvalue weighted by atomic mass is 16.5. The van der Waals surface area contributed by atoms with Crippen LogP contribution in [0, 0.1) is 0 Å². The lowest BCUT2D eigenvalue weighted by Gasteiger charge is -2.10. The highest BCUT2D eigenvalue weighted by Crippen LogP contribution is 2.20. The van der Waals surface area contributed by atoms with E-state index in [1.807, 2.05) is 32.1 Å². The topological polar surface area (TPSA) is 79.4 Å². The van der Waals surface area contributed by atoms with Crippen molar-refractivity contribution in [2.24, 2.45) is 0 Å². The Morgan fingerprint density at radius 1 is 1.33 bits per heavy atom. The molecule has 1 aliphatic rings. The second-order valence-electron chi connectivity index (χ2n) is 4.98. The Morgan fingerprint density at radius 3 is 2.76 bits per heavy atom. The van der Waals surface area contributed by atoms with Crippen molar-refractivity contribution in [2.75, 3.05) is 0 Å². The summed E-state index contributed by atoms with van der Waals surface area (Å²) >= 11 is 0. The van der Waals surface area contributed by atoms with E-state index in [1.54, 1.807) is 6.08 Å². The quantitative estimate of drug-likeness (QED) is 0.892. The SMILES string of the molecule is CC(C)OC1=CC=C(c2cc(=O)cc(C(=O)O)[nH]2)C=CC1. The number of ether oxygens (including phenoxy) is 1. The minimum absolute atomic E-state index is 0.0924. The number of carboxylic acid groups (broad SMARTS) is 1. The fourth-order valence-electron chi connectivity index (χ4n) is 1.99. The maximum atomic E-state index is 11.6. The molecular formula is C16H17NO4. The Balaban J connectivity index is 2.38. The summed E-state index contributed by atoms with van der Waals surface area (Å²) in [6.07, 6.45) is 8.14. The first-order valence-electron chi connectivity index (χ1n) is 6.68. The third kappa shape index (κ3) is 3.95. The summed E-state index contributed by atoms with van der Waals surface area (Å²) in [5.74, 6) is -0.334. The first-order chi connectivity index (χ1) is 9.95. The van der Waals surface area contributed by atoms with Gasteiger partial charge < -0.3 is 14.8 Å². The van der Waals surface area contributed by atoms with Crippen LogP contribution in [0.2, 0.25) is 0 Å². The van der Waals surface area contributed by atoms with Gasteiger partial charge in [-0.2, -0.15) is 0 Å². The third-order valence-corrected chi connectivity index (χ3v) is 2.84. The number of hydrogen-bond acceptors (Lipinski definition) is 3. The lowest BCUT2D eigenvalue weighted by molar-refractivity contribution is 0.0690. The predicted molar refractivity (Wildman–Crippen MR) is 80.1 cm³/mol. The van der Waals surface area contributed by atoms with Crippen LogP contribution in [0.25, 0.3) is 5.57 Å². The number of rotatable bonds is 4. The Labute approximate surface area is 122 Å². The number of carbonyl (C=O) groups is 1. The van der Waals surface area contributed by atoms with Crippen molar-refractivity contribution >= 4 is 11.5 Å². The Morgan fingerprint density at radius 2 is 2.10 bits per heavy atom. The molecule has 5 nitrogen and oxygen atoms in total. The molecule has 0 fully saturated rings. The van der Waals surface area contributed by atoms with E-state index in [9.17, 15) is 9.59 Å². The maximum Gasteiger partial charge on any atom is 0.352 e. The second kappa shape index (κ2) is 6.26. The van der Waals surface area contributed by atoms with E-state index in [-0.39, 0.29) is 17.2 Å². The van der Waals surface area contributed by atoms with Gasteiger partial charge in [0.1, 0.15) is 11.5 Å². The summed E-state index contributed by atoms with van der Waals surface area (Å²) in [5, 5.41) is 8.99. The van der Waals surface area contributed by atoms with Crippen LogP contribution in [0.5, 0.6) is 0 Å². The number of aromatic amines is 1. The average molecular weight is 287 g/mol. The van der Waals surface area contributed by atoms with Crippen molar-refractivity contribution in [1.82, 2.24) is 4.98 Å². The molecule has 2 rings (SSSR count). The molecule has 21 heavy (non-hydrogen) atoms. The van der Waals surface area contributed by atoms with Crippen LogP contribution in [-0.2, 0) is 4.74 Å². The first kappa shape index (κ1) is 14.8. The Hall–Kier alpha value is -2.56. The van der Waals surface area contributed by atoms with Crippen molar-refractivity contribution in [2.45, 2.75) is 26.4 Å². The fraction of sp³-hybridized carbons (Fsp3) is 0.250. The molecule has 1 aromatic rings. The molecule has 0 bridgehead atoms. The highest BCUT2D eigenvalue weighted by Gasteiger charge is 2.09. The molecule has 1 aliphatic carbocycles. The highest BCUT2D eigenvalue weighted by molar-refractivity contribution is 5.86. The molecule has 0 saturated carbocycles. The molecule has 1 heterocycles. The van der Waals surface area contributed by atoms with Crippen molar-refractivity contribution in [3.8, 4) is 0 Å². The number of hydrogen-bond donors (Lipinski definition) is 2. The summed E-state index contributed by atoms with van der Waals surface area (Å²) < 4.78 is 5.64. The lowest BCUT2D eigenvalue weighted by Crippen LogP contribution is -2.10. The van der Waals surface area contributed by atoms with Gasteiger partial charge >= 0.3 is 5.97 Å². The van der Waals surface area contributed by atoms with E-state index in [4.69, 9.17) is 9.84 Å². The smallest absolute Gasteiger partial charge is 0.352 e. The molecule has 2 N–H and O–H groups in total. The van der Waals surface area contributed by atoms with E-state index < -0.39 is 5.97 Å². The number of H-pyrrole nitrogens is 1. The van der Waals surface area contributed by atoms with Gasteiger partial charge in [-0.3, -0.25) is 4.79 Å². The van der Waals surface area contributed by atoms with E-state index in [0.29, 0.717) is 12.1 Å². The summed E-state index contributed by atoms with van der Waals surface area (Å²) in [6, 6.07) is 2.45. The number of allylic oxidation sites excluding steroid dienone is 5. The van der Waals surface area contributed by atoms with Crippen LogP contribution in [-0.4, -0.2) is 22.2 Å². The average Bonchev–Trinajstić information content (AvgIpc) is 2.63. The molecule has 0 aromatic carbocycles. The normalized spacial score (nSPS) is 14.4. The zero-order valence-electron chi connectivity index (χ0n) is 11.9. The van der Waals surface area contributed by atoms with Crippen molar-refractivity contribution in [3.05, 3.63) is 63.8 Å². The Bertz CT molecular complexity index is 692. The van der Waals surface area contributed by atoms with Gasteiger partial charge in [0, 0.05) is 24.2 Å². The van der Waals surface area contributed by atoms with Crippen molar-refractivity contribution < 1.29 is 14.6 Å². The van der Waals surface area contributed by atoms with Gasteiger partial charge in [-0.05, 0) is 31.6 Å². The predicted octanol–water partition coefficient (Wildman–Crippen LogP) is 2.73. The van der Waals surface area contributed by atoms with E-state index in [1.165, 1.54) is 6.07 Å². The molecular weight excluding hydrogens is 270 g/mol. The second-order valence-corrected chi connectivity index (χ2v) is 4.98. The molecule has 0 unspecified atom stereocenters. The molecule has 0 saturated heterocycles. The zero-order valence-corrected chi connectivity index (χ0v) is 11.9. The van der Waals surface area contributed by atoms with Gasteiger partial charge in [0.15, 0.2) is 5.43 Å². The largest absolute Gasteiger partial charge is 0.495 e. The van der Waals surface area contributed by atoms with Crippen LogP contribution < -0.4 is 5.43 Å². The molecule has 110 valence electrons. The number of pyridine rings is 1. The summed E-state index contributed by atoms with van der Waals surface area (Å²) in [7, 11) is 0. The first-order valence-corrected chi connectivity index (χ1v) is 6.68. The van der Waals surface area contributed by atoms with E-state index >= 15 is 0 Å². The van der Waals surface area contributed by atoms with Crippen molar-refractivity contribution in [1.29, 1.82) is 0 Å². The van der Waals surface area contributed by atoms with E-state index in [2.05, 4.69) is 4.98 Å². The zero-order chi connectivity index (χ0) is 15.4.